The first-order valence-corrected chi connectivity index (χ1v) is 10.2. The van der Waals surface area contributed by atoms with Crippen molar-refractivity contribution in [1.29, 1.82) is 0 Å². The zero-order chi connectivity index (χ0) is 17.1. The average Bonchev–Trinajstić information content (AvgIpc) is 3.00. The lowest BCUT2D eigenvalue weighted by Gasteiger charge is -2.35. The molecule has 1 N–H and O–H groups in total. The molecule has 1 aromatic carbocycles. The van der Waals surface area contributed by atoms with Gasteiger partial charge in [-0.2, -0.15) is 0 Å². The topological polar surface area (TPSA) is 35.2 Å². The van der Waals surface area contributed by atoms with E-state index < -0.39 is 0 Å². The maximum Gasteiger partial charge on any atom is 0.166 e. The second kappa shape index (κ2) is 10.9. The van der Waals surface area contributed by atoms with Gasteiger partial charge in [0.25, 0.3) is 0 Å². The fraction of sp³-hybridized carbons (Fsp3) is 0.611. The molecule has 1 saturated heterocycles. The fourth-order valence-electron chi connectivity index (χ4n) is 3.21. The molecule has 0 spiro atoms. The van der Waals surface area contributed by atoms with Gasteiger partial charge in [-0.3, -0.25) is 0 Å². The Hall–Kier alpha value is -0.330. The van der Waals surface area contributed by atoms with E-state index in [9.17, 15) is 0 Å². The first kappa shape index (κ1) is 23.7. The molecule has 0 amide bonds. The molecule has 0 radical (unpaired) electrons. The third-order valence-electron chi connectivity index (χ3n) is 4.88. The van der Waals surface area contributed by atoms with E-state index in [1.54, 1.807) is 0 Å². The molecule has 0 aliphatic carbocycles. The van der Waals surface area contributed by atoms with E-state index in [0.29, 0.717) is 5.25 Å². The Morgan fingerprint density at radius 3 is 2.35 bits per heavy atom. The largest absolute Gasteiger partial charge is 0.368 e. The molecule has 0 saturated carbocycles. The summed E-state index contributed by atoms with van der Waals surface area (Å²) in [6.07, 6.45) is 2.32. The van der Waals surface area contributed by atoms with Crippen molar-refractivity contribution in [2.24, 2.45) is 0 Å². The van der Waals surface area contributed by atoms with Crippen LogP contribution in [-0.4, -0.2) is 52.8 Å². The maximum atomic E-state index is 6.57. The number of H-pyrrole nitrogens is 1. The van der Waals surface area contributed by atoms with Crippen LogP contribution in [0.5, 0.6) is 0 Å². The fourth-order valence-corrected chi connectivity index (χ4v) is 4.46. The van der Waals surface area contributed by atoms with Crippen molar-refractivity contribution < 1.29 is 0 Å². The number of rotatable bonds is 6. The maximum absolute atomic E-state index is 6.57. The van der Waals surface area contributed by atoms with Crippen molar-refractivity contribution in [2.45, 2.75) is 44.0 Å². The molecular weight excluding hydrogens is 411 g/mol. The molecule has 1 aromatic heterocycles. The number of likely N-dealkylation sites (N-methyl/N-ethyl adjacent to an activating group) is 1. The summed E-state index contributed by atoms with van der Waals surface area (Å²) in [4.78, 5) is 13.1. The van der Waals surface area contributed by atoms with Crippen LogP contribution < -0.4 is 4.90 Å². The predicted molar refractivity (Wildman–Crippen MR) is 120 cm³/mol. The zero-order valence-electron chi connectivity index (χ0n) is 15.6. The number of aromatic nitrogens is 2. The molecule has 1 aliphatic heterocycles. The molecule has 1 fully saturated rings. The number of piperazine rings is 1. The number of aromatic amines is 1. The third-order valence-corrected chi connectivity index (χ3v) is 6.60. The van der Waals surface area contributed by atoms with Crippen molar-refractivity contribution in [1.82, 2.24) is 14.9 Å². The summed E-state index contributed by atoms with van der Waals surface area (Å²) in [5.41, 5.74) is 3.16. The average molecular weight is 440 g/mol. The van der Waals surface area contributed by atoms with Crippen LogP contribution in [0.25, 0.3) is 11.0 Å². The summed E-state index contributed by atoms with van der Waals surface area (Å²) in [6.45, 7) is 12.1. The lowest BCUT2D eigenvalue weighted by molar-refractivity contribution is 0.271. The summed E-state index contributed by atoms with van der Waals surface area (Å²) in [6, 6.07) is 4.18. The smallest absolute Gasteiger partial charge is 0.166 e. The van der Waals surface area contributed by atoms with Crippen molar-refractivity contribution >= 4 is 64.9 Å². The number of nitrogens with zero attached hydrogens (tertiary/aromatic N) is 3. The van der Waals surface area contributed by atoms with Crippen molar-refractivity contribution in [3.8, 4) is 0 Å². The molecule has 148 valence electrons. The van der Waals surface area contributed by atoms with Gasteiger partial charge in [0.2, 0.25) is 0 Å². The summed E-state index contributed by atoms with van der Waals surface area (Å²) >= 11 is 8.40. The predicted octanol–water partition coefficient (Wildman–Crippen LogP) is 5.48. The number of fused-ring (bicyclic) bond motifs is 1. The van der Waals surface area contributed by atoms with Gasteiger partial charge in [-0.15, -0.1) is 24.8 Å². The number of benzene rings is 1. The molecule has 8 heteroatoms. The normalized spacial score (nSPS) is 15.2. The van der Waals surface area contributed by atoms with Crippen molar-refractivity contribution in [3.05, 3.63) is 17.2 Å². The lowest BCUT2D eigenvalue weighted by atomic mass is 10.2. The van der Waals surface area contributed by atoms with E-state index in [0.717, 1.165) is 72.5 Å². The minimum atomic E-state index is 0. The van der Waals surface area contributed by atoms with Gasteiger partial charge in [-0.1, -0.05) is 44.1 Å². The molecule has 4 nitrogen and oxygen atoms in total. The van der Waals surface area contributed by atoms with E-state index in [-0.39, 0.29) is 24.8 Å². The number of imidazole rings is 1. The molecule has 1 aliphatic rings. The van der Waals surface area contributed by atoms with Crippen LogP contribution in [0.1, 0.15) is 33.6 Å². The highest BCUT2D eigenvalue weighted by molar-refractivity contribution is 7.99. The number of nitrogens with one attached hydrogen (secondary N) is 1. The van der Waals surface area contributed by atoms with E-state index >= 15 is 0 Å². The monoisotopic (exact) mass is 438 g/mol. The first-order valence-electron chi connectivity index (χ1n) is 8.97. The van der Waals surface area contributed by atoms with E-state index in [2.05, 4.69) is 41.6 Å². The van der Waals surface area contributed by atoms with Crippen molar-refractivity contribution in [3.63, 3.8) is 0 Å². The highest BCUT2D eigenvalue weighted by Crippen LogP contribution is 2.33. The van der Waals surface area contributed by atoms with Crippen LogP contribution in [0.4, 0.5) is 5.69 Å². The van der Waals surface area contributed by atoms with E-state index in [1.807, 2.05) is 17.8 Å². The van der Waals surface area contributed by atoms with Gasteiger partial charge >= 0.3 is 0 Å². The molecule has 26 heavy (non-hydrogen) atoms. The number of hydrogen-bond donors (Lipinski definition) is 1. The van der Waals surface area contributed by atoms with Gasteiger partial charge in [0.15, 0.2) is 5.16 Å². The quantitative estimate of drug-likeness (QED) is 0.604. The van der Waals surface area contributed by atoms with Crippen LogP contribution in [0.3, 0.4) is 0 Å². The summed E-state index contributed by atoms with van der Waals surface area (Å²) in [5.74, 6) is 0. The molecule has 0 atom stereocenters. The van der Waals surface area contributed by atoms with Gasteiger partial charge in [-0.25, -0.2) is 4.98 Å². The highest BCUT2D eigenvalue weighted by Gasteiger charge is 2.19. The van der Waals surface area contributed by atoms with Gasteiger partial charge in [0, 0.05) is 31.4 Å². The standard InChI is InChI=1S/C18H27ClN4S.2ClH/c1-4-13(5-2)24-18-20-15-11-14(19)17(12-16(15)21-18)23-9-7-22(6-3)8-10-23;;/h11-13H,4-10H2,1-3H3,(H,20,21);2*1H. The Morgan fingerprint density at radius 1 is 1.12 bits per heavy atom. The van der Waals surface area contributed by atoms with Crippen molar-refractivity contribution in [2.75, 3.05) is 37.6 Å². The van der Waals surface area contributed by atoms with E-state index in [1.165, 1.54) is 0 Å². The minimum absolute atomic E-state index is 0. The van der Waals surface area contributed by atoms with Gasteiger partial charge < -0.3 is 14.8 Å². The number of thioether (sulfide) groups is 1. The first-order chi connectivity index (χ1) is 11.6. The number of halogens is 3. The Morgan fingerprint density at radius 2 is 1.77 bits per heavy atom. The Balaban J connectivity index is 0.00000169. The number of anilines is 1. The molecular formula is C18H29Cl3N4S. The van der Waals surface area contributed by atoms with Gasteiger partial charge in [0.05, 0.1) is 21.7 Å². The second-order valence-corrected chi connectivity index (χ2v) is 8.04. The summed E-state index contributed by atoms with van der Waals surface area (Å²) < 4.78 is 0. The van der Waals surface area contributed by atoms with Gasteiger partial charge in [0.1, 0.15) is 0 Å². The lowest BCUT2D eigenvalue weighted by Crippen LogP contribution is -2.46. The highest BCUT2D eigenvalue weighted by atomic mass is 35.5. The van der Waals surface area contributed by atoms with E-state index in [4.69, 9.17) is 16.6 Å². The zero-order valence-corrected chi connectivity index (χ0v) is 18.8. The minimum Gasteiger partial charge on any atom is -0.368 e. The Bertz CT molecular complexity index is 682. The summed E-state index contributed by atoms with van der Waals surface area (Å²) in [5, 5.41) is 2.43. The Labute approximate surface area is 178 Å². The summed E-state index contributed by atoms with van der Waals surface area (Å²) in [7, 11) is 0. The number of hydrogen-bond acceptors (Lipinski definition) is 4. The third kappa shape index (κ3) is 5.35. The van der Waals surface area contributed by atoms with Crippen LogP contribution in [0.2, 0.25) is 5.02 Å². The van der Waals surface area contributed by atoms with Crippen LogP contribution in [0, 0.1) is 0 Å². The van der Waals surface area contributed by atoms with Crippen LogP contribution >= 0.6 is 48.2 Å². The van der Waals surface area contributed by atoms with Gasteiger partial charge in [-0.05, 0) is 31.5 Å². The SMILES string of the molecule is CCC(CC)Sc1nc2cc(N3CCN(CC)CC3)c(Cl)cc2[nH]1.Cl.Cl. The molecule has 0 bridgehead atoms. The molecule has 2 aromatic rings. The Kier molecular flexibility index (Phi) is 9.91. The second-order valence-electron chi connectivity index (χ2n) is 6.34. The molecule has 0 unspecified atom stereocenters. The molecule has 3 rings (SSSR count). The van der Waals surface area contributed by atoms with Crippen LogP contribution in [0.15, 0.2) is 17.3 Å². The molecule has 2 heterocycles. The van der Waals surface area contributed by atoms with Crippen LogP contribution in [-0.2, 0) is 0 Å².